The van der Waals surface area contributed by atoms with Crippen LogP contribution in [0, 0.1) is 0 Å². The quantitative estimate of drug-likeness (QED) is 0.291. The minimum atomic E-state index is -5.05. The van der Waals surface area contributed by atoms with E-state index < -0.39 is 15.6 Å². The molecule has 13 heteroatoms. The van der Waals surface area contributed by atoms with Crippen LogP contribution in [0.4, 0.5) is 0 Å². The van der Waals surface area contributed by atoms with Gasteiger partial charge in [0, 0.05) is 0 Å². The average Bonchev–Trinajstić information content (AvgIpc) is 1.14. The fraction of sp³-hybridized carbons (Fsp3) is 0. The first-order chi connectivity index (χ1) is 3.71. The van der Waals surface area contributed by atoms with Gasteiger partial charge in [-0.05, 0) is 0 Å². The van der Waals surface area contributed by atoms with Crippen molar-refractivity contribution in [1.29, 1.82) is 0 Å². The molecule has 0 unspecified atom stereocenters. The Hall–Kier alpha value is 2.06. The van der Waals surface area contributed by atoms with Crippen molar-refractivity contribution in [3.63, 3.8) is 0 Å². The van der Waals surface area contributed by atoms with E-state index in [9.17, 15) is 9.13 Å². The van der Waals surface area contributed by atoms with Crippen molar-refractivity contribution in [2.75, 3.05) is 0 Å². The van der Waals surface area contributed by atoms with Gasteiger partial charge in [0.15, 0.2) is 0 Å². The summed E-state index contributed by atoms with van der Waals surface area (Å²) < 4.78 is 22.2. The molecular weight excluding hydrogens is 301 g/mol. The molecule has 0 aromatic carbocycles. The maximum absolute atomic E-state index is 9.63. The monoisotopic (exact) mass is 306 g/mol. The molecule has 0 radical (unpaired) electrons. The summed E-state index contributed by atoms with van der Waals surface area (Å²) in [4.78, 5) is 31.0. The number of halogens is 2. The van der Waals surface area contributed by atoms with Gasteiger partial charge in [-0.2, -0.15) is 4.31 Å². The minimum absolute atomic E-state index is 0. The fourth-order valence-electron chi connectivity index (χ4n) is 0.139. The topological polar surface area (TPSA) is 156 Å². The molecule has 0 aromatic rings. The second-order valence-electron chi connectivity index (χ2n) is 1.06. The largest absolute Gasteiger partial charge is 2.00 e. The van der Waals surface area contributed by atoms with Gasteiger partial charge in [0.1, 0.15) is 0 Å². The summed E-state index contributed by atoms with van der Waals surface area (Å²) in [6.07, 6.45) is 0. The molecule has 0 fully saturated rings. The molecule has 0 aliphatic rings. The van der Waals surface area contributed by atoms with E-state index in [1.165, 1.54) is 0 Å². The maximum Gasteiger partial charge on any atom is 2.00 e. The van der Waals surface area contributed by atoms with E-state index >= 15 is 0 Å². The van der Waals surface area contributed by atoms with Crippen molar-refractivity contribution >= 4 is 53.4 Å². The summed E-state index contributed by atoms with van der Waals surface area (Å²) in [5.74, 6) is 0. The van der Waals surface area contributed by atoms with Gasteiger partial charge in [-0.25, -0.2) is 9.13 Å². The molecule has 0 amide bonds. The summed E-state index contributed by atoms with van der Waals surface area (Å²) in [6.45, 7) is 0. The van der Waals surface area contributed by atoms with Crippen molar-refractivity contribution in [3.8, 4) is 0 Å². The van der Waals surface area contributed by atoms with Crippen LogP contribution in [0.2, 0.25) is 0 Å². The molecule has 0 bridgehead atoms. The second kappa shape index (κ2) is 10.6. The van der Waals surface area contributed by atoms with Gasteiger partial charge >= 0.3 is 53.4 Å². The Kier molecular flexibility index (Phi) is 23.9. The molecule has 0 aliphatic heterocycles. The molecule has 0 aromatic heterocycles. The standard InChI is InChI=1S/Ca.2ClH.H4O7P2.H2O/c;;;1-8(2,3)7-9(4,5)6;/h;2*1H;(H2,1,2,3)(H2,4,5,6);1H2/q+2;;;;/p-2. The van der Waals surface area contributed by atoms with Crippen LogP contribution >= 0.6 is 15.6 Å². The van der Waals surface area contributed by atoms with Gasteiger partial charge in [0.05, 0.1) is 0 Å². The predicted molar refractivity (Wildman–Crippen MR) is 34.5 cm³/mol. The van der Waals surface area contributed by atoms with Crippen molar-refractivity contribution in [1.82, 2.24) is 0 Å². The van der Waals surface area contributed by atoms with E-state index in [0.29, 0.717) is 0 Å². The van der Waals surface area contributed by atoms with Crippen LogP contribution in [0.1, 0.15) is 0 Å². The SMILES string of the molecule is O.O=P(O)(O)OP(=O)(O)O.[Ca+2].[Cl-].[Cl-]. The van der Waals surface area contributed by atoms with Crippen LogP contribution in [-0.2, 0) is 13.4 Å². The van der Waals surface area contributed by atoms with E-state index in [2.05, 4.69) is 4.31 Å². The molecule has 0 saturated heterocycles. The van der Waals surface area contributed by atoms with E-state index in [0.717, 1.165) is 0 Å². The Labute approximate surface area is 116 Å². The molecule has 0 heterocycles. The Morgan fingerprint density at radius 3 is 1.00 bits per heavy atom. The fourth-order valence-corrected chi connectivity index (χ4v) is 1.25. The molecule has 0 aliphatic carbocycles. The van der Waals surface area contributed by atoms with Crippen LogP contribution in [0.15, 0.2) is 0 Å². The zero-order chi connectivity index (χ0) is 7.71. The number of phosphoric acid groups is 2. The molecule has 13 heavy (non-hydrogen) atoms. The zero-order valence-corrected chi connectivity index (χ0v) is 11.4. The summed E-state index contributed by atoms with van der Waals surface area (Å²) in [5.41, 5.74) is 0. The van der Waals surface area contributed by atoms with E-state index in [1.807, 2.05) is 0 Å². The van der Waals surface area contributed by atoms with Crippen molar-refractivity contribution in [2.24, 2.45) is 0 Å². The molecule has 0 rings (SSSR count). The molecular formula is H6CaCl2O8P2. The first kappa shape index (κ1) is 29.4. The van der Waals surface area contributed by atoms with Crippen LogP contribution in [0.25, 0.3) is 0 Å². The number of rotatable bonds is 2. The van der Waals surface area contributed by atoms with Gasteiger partial charge in [-0.3, -0.25) is 0 Å². The van der Waals surface area contributed by atoms with Gasteiger partial charge < -0.3 is 49.9 Å². The van der Waals surface area contributed by atoms with Crippen molar-refractivity contribution in [3.05, 3.63) is 0 Å². The third-order valence-corrected chi connectivity index (χ3v) is 1.91. The molecule has 80 valence electrons. The van der Waals surface area contributed by atoms with Crippen molar-refractivity contribution < 1.29 is 63.3 Å². The molecule has 8 nitrogen and oxygen atoms in total. The third-order valence-electron chi connectivity index (χ3n) is 0.213. The Morgan fingerprint density at radius 2 is 1.00 bits per heavy atom. The average molecular weight is 307 g/mol. The van der Waals surface area contributed by atoms with Crippen LogP contribution in [-0.4, -0.2) is 62.8 Å². The second-order valence-corrected chi connectivity index (χ2v) is 3.68. The maximum atomic E-state index is 9.63. The molecule has 0 atom stereocenters. The number of hydrogen-bond donors (Lipinski definition) is 4. The predicted octanol–water partition coefficient (Wildman–Crippen LogP) is -8.01. The van der Waals surface area contributed by atoms with Crippen LogP contribution in [0.3, 0.4) is 0 Å². The summed E-state index contributed by atoms with van der Waals surface area (Å²) in [5, 5.41) is 0. The molecule has 6 N–H and O–H groups in total. The Balaban J connectivity index is -0.0000000533. The van der Waals surface area contributed by atoms with Crippen LogP contribution in [0.5, 0.6) is 0 Å². The zero-order valence-electron chi connectivity index (χ0n) is 5.87. The van der Waals surface area contributed by atoms with E-state index in [1.54, 1.807) is 0 Å². The Morgan fingerprint density at radius 1 is 0.846 bits per heavy atom. The molecule has 0 saturated carbocycles. The van der Waals surface area contributed by atoms with E-state index in [4.69, 9.17) is 19.6 Å². The van der Waals surface area contributed by atoms with Gasteiger partial charge in [0.2, 0.25) is 0 Å². The van der Waals surface area contributed by atoms with Crippen LogP contribution < -0.4 is 24.8 Å². The third kappa shape index (κ3) is 31.5. The van der Waals surface area contributed by atoms with Gasteiger partial charge in [0.25, 0.3) is 0 Å². The minimum Gasteiger partial charge on any atom is -1.00 e. The Bertz CT molecular complexity index is 161. The first-order valence-electron chi connectivity index (χ1n) is 1.53. The smallest absolute Gasteiger partial charge is 1.00 e. The summed E-state index contributed by atoms with van der Waals surface area (Å²) in [7, 11) is -10.1. The first-order valence-corrected chi connectivity index (χ1v) is 4.59. The van der Waals surface area contributed by atoms with Gasteiger partial charge in [-0.15, -0.1) is 0 Å². The van der Waals surface area contributed by atoms with Crippen molar-refractivity contribution in [2.45, 2.75) is 0 Å². The summed E-state index contributed by atoms with van der Waals surface area (Å²) in [6, 6.07) is 0. The number of hydrogen-bond acceptors (Lipinski definition) is 3. The van der Waals surface area contributed by atoms with Gasteiger partial charge in [-0.1, -0.05) is 0 Å². The summed E-state index contributed by atoms with van der Waals surface area (Å²) >= 11 is 0. The molecule has 0 spiro atoms. The van der Waals surface area contributed by atoms with E-state index in [-0.39, 0.29) is 68.0 Å². The normalized spacial score (nSPS) is 9.54.